The number of aliphatic imine (C=N–C) groups is 1. The van der Waals surface area contributed by atoms with E-state index in [1.165, 1.54) is 19.3 Å². The van der Waals surface area contributed by atoms with Gasteiger partial charge in [0.25, 0.3) is 0 Å². The van der Waals surface area contributed by atoms with Crippen molar-refractivity contribution in [3.8, 4) is 0 Å². The van der Waals surface area contributed by atoms with E-state index in [9.17, 15) is 4.79 Å². The largest absolute Gasteiger partial charge is 0.372 e. The Morgan fingerprint density at radius 2 is 2.27 bits per heavy atom. The zero-order valence-electron chi connectivity index (χ0n) is 9.09. The van der Waals surface area contributed by atoms with Gasteiger partial charge in [0.1, 0.15) is 0 Å². The molecule has 0 radical (unpaired) electrons. The fraction of sp³-hybridized carbons (Fsp3) is 0.818. The van der Waals surface area contributed by atoms with Crippen molar-refractivity contribution >= 4 is 11.7 Å². The van der Waals surface area contributed by atoms with Gasteiger partial charge in [-0.05, 0) is 19.3 Å². The summed E-state index contributed by atoms with van der Waals surface area (Å²) in [5.74, 6) is 1.32. The highest BCUT2D eigenvalue weighted by Gasteiger charge is 2.20. The number of amides is 1. The first-order valence-electron chi connectivity index (χ1n) is 5.91. The lowest BCUT2D eigenvalue weighted by Gasteiger charge is -2.13. The van der Waals surface area contributed by atoms with Crippen molar-refractivity contribution in [2.24, 2.45) is 4.99 Å². The second-order valence-electron chi connectivity index (χ2n) is 4.32. The van der Waals surface area contributed by atoms with E-state index in [4.69, 9.17) is 0 Å². The number of hydrogen-bond donors (Lipinski definition) is 2. The highest BCUT2D eigenvalue weighted by Crippen LogP contribution is 2.08. The number of nitrogens with one attached hydrogen (secondary N) is 2. The van der Waals surface area contributed by atoms with E-state index >= 15 is 0 Å². The number of hydrogen-bond acceptors (Lipinski definition) is 3. The van der Waals surface area contributed by atoms with Gasteiger partial charge in [0.05, 0.1) is 5.84 Å². The Balaban J connectivity index is 1.72. The lowest BCUT2D eigenvalue weighted by molar-refractivity contribution is -0.119. The molecule has 0 aromatic heterocycles. The minimum atomic E-state index is 0.185. The molecule has 2 rings (SSSR count). The lowest BCUT2D eigenvalue weighted by atomic mass is 10.2. The molecular formula is C11H19N3O. The SMILES string of the molecule is O=C1CCC(CNC2=NCCCCC2)N1. The van der Waals surface area contributed by atoms with Crippen molar-refractivity contribution < 1.29 is 4.79 Å². The molecule has 2 N–H and O–H groups in total. The van der Waals surface area contributed by atoms with Crippen LogP contribution in [0.4, 0.5) is 0 Å². The van der Waals surface area contributed by atoms with Crippen molar-refractivity contribution in [2.75, 3.05) is 13.1 Å². The molecule has 0 bridgehead atoms. The third-order valence-electron chi connectivity index (χ3n) is 3.01. The topological polar surface area (TPSA) is 53.5 Å². The molecule has 0 spiro atoms. The third kappa shape index (κ3) is 3.22. The van der Waals surface area contributed by atoms with Gasteiger partial charge < -0.3 is 10.6 Å². The lowest BCUT2D eigenvalue weighted by Crippen LogP contribution is -2.38. The minimum absolute atomic E-state index is 0.185. The van der Waals surface area contributed by atoms with Gasteiger partial charge in [0, 0.05) is 32.0 Å². The molecule has 1 fully saturated rings. The average Bonchev–Trinajstić information content (AvgIpc) is 2.52. The molecule has 0 saturated carbocycles. The minimum Gasteiger partial charge on any atom is -0.372 e. The van der Waals surface area contributed by atoms with E-state index in [0.717, 1.165) is 31.8 Å². The van der Waals surface area contributed by atoms with E-state index in [0.29, 0.717) is 12.5 Å². The van der Waals surface area contributed by atoms with Crippen LogP contribution in [-0.2, 0) is 4.79 Å². The first kappa shape index (κ1) is 10.5. The maximum absolute atomic E-state index is 11.0. The summed E-state index contributed by atoms with van der Waals surface area (Å²) in [5, 5.41) is 6.31. The zero-order valence-corrected chi connectivity index (χ0v) is 9.09. The summed E-state index contributed by atoms with van der Waals surface area (Å²) < 4.78 is 0. The van der Waals surface area contributed by atoms with E-state index in [1.54, 1.807) is 0 Å². The van der Waals surface area contributed by atoms with Crippen LogP contribution in [0.1, 0.15) is 38.5 Å². The van der Waals surface area contributed by atoms with Crippen molar-refractivity contribution in [2.45, 2.75) is 44.6 Å². The smallest absolute Gasteiger partial charge is 0.220 e. The summed E-state index contributed by atoms with van der Waals surface area (Å²) in [5.41, 5.74) is 0. The number of rotatable bonds is 2. The fourth-order valence-corrected chi connectivity index (χ4v) is 2.09. The van der Waals surface area contributed by atoms with Crippen LogP contribution in [0.25, 0.3) is 0 Å². The number of carbonyl (C=O) groups is 1. The average molecular weight is 209 g/mol. The molecule has 0 aromatic carbocycles. The second-order valence-corrected chi connectivity index (χ2v) is 4.32. The molecule has 0 aromatic rings. The van der Waals surface area contributed by atoms with Crippen LogP contribution < -0.4 is 10.6 Å². The number of nitrogens with zero attached hydrogens (tertiary/aromatic N) is 1. The van der Waals surface area contributed by atoms with Gasteiger partial charge in [-0.3, -0.25) is 9.79 Å². The summed E-state index contributed by atoms with van der Waals surface area (Å²) in [4.78, 5) is 15.5. The van der Waals surface area contributed by atoms with Gasteiger partial charge in [-0.15, -0.1) is 0 Å². The van der Waals surface area contributed by atoms with Crippen LogP contribution in [0.15, 0.2) is 4.99 Å². The van der Waals surface area contributed by atoms with E-state index in [1.807, 2.05) is 0 Å². The van der Waals surface area contributed by atoms with Crippen molar-refractivity contribution in [1.82, 2.24) is 10.6 Å². The van der Waals surface area contributed by atoms with Gasteiger partial charge in [0.15, 0.2) is 0 Å². The molecule has 84 valence electrons. The molecule has 2 aliphatic heterocycles. The molecule has 2 heterocycles. The van der Waals surface area contributed by atoms with Crippen LogP contribution in [-0.4, -0.2) is 30.9 Å². The van der Waals surface area contributed by atoms with Crippen LogP contribution in [0.5, 0.6) is 0 Å². The Hall–Kier alpha value is -1.06. The van der Waals surface area contributed by atoms with Crippen LogP contribution in [0, 0.1) is 0 Å². The van der Waals surface area contributed by atoms with Gasteiger partial charge in [-0.2, -0.15) is 0 Å². The maximum Gasteiger partial charge on any atom is 0.220 e. The van der Waals surface area contributed by atoms with E-state index in [-0.39, 0.29) is 5.91 Å². The Morgan fingerprint density at radius 3 is 3.07 bits per heavy atom. The Labute approximate surface area is 90.5 Å². The normalized spacial score (nSPS) is 26.8. The van der Waals surface area contributed by atoms with Gasteiger partial charge >= 0.3 is 0 Å². The summed E-state index contributed by atoms with van der Waals surface area (Å²) in [6, 6.07) is 0.309. The van der Waals surface area contributed by atoms with E-state index < -0.39 is 0 Å². The fourth-order valence-electron chi connectivity index (χ4n) is 2.09. The molecule has 2 aliphatic rings. The Kier molecular flexibility index (Phi) is 3.59. The summed E-state index contributed by atoms with van der Waals surface area (Å²) in [6.07, 6.45) is 6.45. The van der Waals surface area contributed by atoms with Crippen molar-refractivity contribution in [1.29, 1.82) is 0 Å². The maximum atomic E-state index is 11.0. The zero-order chi connectivity index (χ0) is 10.5. The first-order chi connectivity index (χ1) is 7.34. The number of carbonyl (C=O) groups excluding carboxylic acids is 1. The van der Waals surface area contributed by atoms with Crippen LogP contribution >= 0.6 is 0 Å². The summed E-state index contributed by atoms with van der Waals surface area (Å²) >= 11 is 0. The highest BCUT2D eigenvalue weighted by molar-refractivity contribution is 5.82. The third-order valence-corrected chi connectivity index (χ3v) is 3.01. The quantitative estimate of drug-likeness (QED) is 0.707. The van der Waals surface area contributed by atoms with Gasteiger partial charge in [-0.1, -0.05) is 6.42 Å². The molecular weight excluding hydrogens is 190 g/mol. The van der Waals surface area contributed by atoms with Crippen LogP contribution in [0.2, 0.25) is 0 Å². The molecule has 0 aliphatic carbocycles. The molecule has 1 unspecified atom stereocenters. The van der Waals surface area contributed by atoms with Crippen molar-refractivity contribution in [3.05, 3.63) is 0 Å². The first-order valence-corrected chi connectivity index (χ1v) is 5.91. The monoisotopic (exact) mass is 209 g/mol. The van der Waals surface area contributed by atoms with E-state index in [2.05, 4.69) is 15.6 Å². The molecule has 1 amide bonds. The Morgan fingerprint density at radius 1 is 1.33 bits per heavy atom. The van der Waals surface area contributed by atoms with Crippen molar-refractivity contribution in [3.63, 3.8) is 0 Å². The molecule has 15 heavy (non-hydrogen) atoms. The molecule has 4 heteroatoms. The highest BCUT2D eigenvalue weighted by atomic mass is 16.1. The molecule has 4 nitrogen and oxygen atoms in total. The number of amidine groups is 1. The predicted molar refractivity (Wildman–Crippen MR) is 59.9 cm³/mol. The summed E-state index contributed by atoms with van der Waals surface area (Å²) in [7, 11) is 0. The predicted octanol–water partition coefficient (Wildman–Crippen LogP) is 0.827. The van der Waals surface area contributed by atoms with Crippen LogP contribution in [0.3, 0.4) is 0 Å². The van der Waals surface area contributed by atoms with Gasteiger partial charge in [-0.25, -0.2) is 0 Å². The van der Waals surface area contributed by atoms with Gasteiger partial charge in [0.2, 0.25) is 5.91 Å². The molecule has 1 atom stereocenters. The second kappa shape index (κ2) is 5.14. The summed E-state index contributed by atoms with van der Waals surface area (Å²) in [6.45, 7) is 1.80. The molecule has 1 saturated heterocycles. The Bertz CT molecular complexity index is 263. The standard InChI is InChI=1S/C11H19N3O/c15-11-6-5-9(14-11)8-13-10-4-2-1-3-7-12-10/h9H,1-8H2,(H,12,13)(H,14,15).